The van der Waals surface area contributed by atoms with Gasteiger partial charge < -0.3 is 9.80 Å². The number of thiophene rings is 1. The fourth-order valence-electron chi connectivity index (χ4n) is 4.89. The Labute approximate surface area is 199 Å². The second-order valence-electron chi connectivity index (χ2n) is 9.03. The zero-order valence-electron chi connectivity index (χ0n) is 19.3. The molecule has 0 unspecified atom stereocenters. The number of urea groups is 1. The van der Waals surface area contributed by atoms with Gasteiger partial charge in [0.1, 0.15) is 0 Å². The number of hydrogen-bond acceptors (Lipinski definition) is 5. The van der Waals surface area contributed by atoms with Gasteiger partial charge in [0.25, 0.3) is 0 Å². The number of anilines is 2. The minimum atomic E-state index is -0.0118. The lowest BCUT2D eigenvalue weighted by molar-refractivity contribution is 0.0962. The maximum absolute atomic E-state index is 12.9. The lowest BCUT2D eigenvalue weighted by Gasteiger charge is -2.36. The molecule has 1 aromatic heterocycles. The van der Waals surface area contributed by atoms with Crippen molar-refractivity contribution in [2.75, 3.05) is 63.2 Å². The Balaban J connectivity index is 1.16. The van der Waals surface area contributed by atoms with E-state index in [2.05, 4.69) is 39.4 Å². The summed E-state index contributed by atoms with van der Waals surface area (Å²) >= 11 is 1.79. The number of piperazine rings is 1. The van der Waals surface area contributed by atoms with E-state index in [9.17, 15) is 9.59 Å². The molecule has 0 spiro atoms. The van der Waals surface area contributed by atoms with Crippen molar-refractivity contribution in [3.63, 3.8) is 0 Å². The molecule has 6 nitrogen and oxygen atoms in total. The molecule has 5 rings (SSSR count). The molecule has 0 bridgehead atoms. The van der Waals surface area contributed by atoms with Crippen molar-refractivity contribution >= 4 is 44.6 Å². The van der Waals surface area contributed by atoms with Gasteiger partial charge in [-0.05, 0) is 53.8 Å². The molecule has 2 aromatic carbocycles. The SMILES string of the molecule is CN(C)C(=O)N1CCc2cc(C(=O)CCN3CCN(c4cccc5sccc45)CC3)ccc21. The van der Waals surface area contributed by atoms with Crippen LogP contribution >= 0.6 is 11.3 Å². The minimum absolute atomic E-state index is 0.0118. The topological polar surface area (TPSA) is 47.1 Å². The van der Waals surface area contributed by atoms with E-state index in [1.165, 1.54) is 15.8 Å². The van der Waals surface area contributed by atoms with Gasteiger partial charge in [-0.2, -0.15) is 0 Å². The molecular weight excluding hydrogens is 432 g/mol. The fraction of sp³-hybridized carbons (Fsp3) is 0.385. The summed E-state index contributed by atoms with van der Waals surface area (Å²) in [4.78, 5) is 33.5. The van der Waals surface area contributed by atoms with Crippen LogP contribution in [0, 0.1) is 0 Å². The highest BCUT2D eigenvalue weighted by molar-refractivity contribution is 7.17. The lowest BCUT2D eigenvalue weighted by Crippen LogP contribution is -2.47. The first kappa shape index (κ1) is 21.9. The third-order valence-corrected chi connectivity index (χ3v) is 7.63. The summed E-state index contributed by atoms with van der Waals surface area (Å²) in [6, 6.07) is 14.5. The maximum atomic E-state index is 12.9. The maximum Gasteiger partial charge on any atom is 0.323 e. The largest absolute Gasteiger partial charge is 0.368 e. The highest BCUT2D eigenvalue weighted by atomic mass is 32.1. The number of fused-ring (bicyclic) bond motifs is 2. The van der Waals surface area contributed by atoms with Gasteiger partial charge in [-0.3, -0.25) is 14.6 Å². The quantitative estimate of drug-likeness (QED) is 0.529. The first-order chi connectivity index (χ1) is 16.0. The standard InChI is InChI=1S/C26H30N4O2S/c1-27(2)26(32)30-12-8-19-18-20(6-7-22(19)30)24(31)9-11-28-13-15-29(16-14-28)23-4-3-5-25-21(23)10-17-33-25/h3-7,10,17-18H,8-9,11-16H2,1-2H3. The summed E-state index contributed by atoms with van der Waals surface area (Å²) in [7, 11) is 3.53. The number of carbonyl (C=O) groups excluding carboxylic acids is 2. The number of ketones is 1. The van der Waals surface area contributed by atoms with Crippen LogP contribution in [0.5, 0.6) is 0 Å². The van der Waals surface area contributed by atoms with Crippen LogP contribution in [0.1, 0.15) is 22.3 Å². The summed E-state index contributed by atoms with van der Waals surface area (Å²) in [6.07, 6.45) is 1.33. The van der Waals surface area contributed by atoms with Crippen LogP contribution in [0.25, 0.3) is 10.1 Å². The molecule has 0 N–H and O–H groups in total. The number of nitrogens with zero attached hydrogens (tertiary/aromatic N) is 4. The second-order valence-corrected chi connectivity index (χ2v) is 9.98. The van der Waals surface area contributed by atoms with Gasteiger partial charge in [-0.25, -0.2) is 4.79 Å². The molecule has 3 heterocycles. The third kappa shape index (κ3) is 4.35. The van der Waals surface area contributed by atoms with Crippen LogP contribution in [-0.2, 0) is 6.42 Å². The highest BCUT2D eigenvalue weighted by Gasteiger charge is 2.26. The molecule has 0 atom stereocenters. The van der Waals surface area contributed by atoms with Crippen LogP contribution in [0.2, 0.25) is 0 Å². The van der Waals surface area contributed by atoms with Crippen molar-refractivity contribution in [3.8, 4) is 0 Å². The predicted octanol–water partition coefficient (Wildman–Crippen LogP) is 4.34. The average Bonchev–Trinajstić information content (AvgIpc) is 3.49. The van der Waals surface area contributed by atoms with Gasteiger partial charge in [0.15, 0.2) is 5.78 Å². The Kier molecular flexibility index (Phi) is 6.08. The smallest absolute Gasteiger partial charge is 0.323 e. The van der Waals surface area contributed by atoms with E-state index in [1.54, 1.807) is 35.2 Å². The summed E-state index contributed by atoms with van der Waals surface area (Å²) < 4.78 is 1.34. The fourth-order valence-corrected chi connectivity index (χ4v) is 5.69. The molecule has 0 saturated carbocycles. The number of hydrogen-bond donors (Lipinski definition) is 0. The van der Waals surface area contributed by atoms with E-state index >= 15 is 0 Å². The van der Waals surface area contributed by atoms with Crippen molar-refractivity contribution < 1.29 is 9.59 Å². The van der Waals surface area contributed by atoms with Crippen LogP contribution in [0.15, 0.2) is 47.8 Å². The molecule has 1 fully saturated rings. The first-order valence-electron chi connectivity index (χ1n) is 11.6. The van der Waals surface area contributed by atoms with Gasteiger partial charge in [-0.15, -0.1) is 11.3 Å². The molecule has 0 aliphatic carbocycles. The Morgan fingerprint density at radius 2 is 1.79 bits per heavy atom. The Hall–Kier alpha value is -2.90. The van der Waals surface area contributed by atoms with Crippen molar-refractivity contribution in [1.29, 1.82) is 0 Å². The Morgan fingerprint density at radius 1 is 0.970 bits per heavy atom. The van der Waals surface area contributed by atoms with Crippen molar-refractivity contribution in [3.05, 3.63) is 59.0 Å². The molecule has 2 amide bonds. The van der Waals surface area contributed by atoms with Gasteiger partial charge in [-0.1, -0.05) is 6.07 Å². The normalized spacial score (nSPS) is 16.3. The van der Waals surface area contributed by atoms with Gasteiger partial charge in [0, 0.05) is 86.8 Å². The zero-order chi connectivity index (χ0) is 22.9. The average molecular weight is 463 g/mol. The molecule has 1 saturated heterocycles. The Morgan fingerprint density at radius 3 is 2.58 bits per heavy atom. The molecule has 0 radical (unpaired) electrons. The van der Waals surface area contributed by atoms with Crippen LogP contribution < -0.4 is 9.80 Å². The van der Waals surface area contributed by atoms with E-state index in [1.807, 2.05) is 18.2 Å². The summed E-state index contributed by atoms with van der Waals surface area (Å²) in [6.45, 7) is 5.37. The number of carbonyl (C=O) groups is 2. The molecule has 3 aromatic rings. The van der Waals surface area contributed by atoms with Crippen molar-refractivity contribution in [2.45, 2.75) is 12.8 Å². The number of Topliss-reactive ketones (excluding diaryl/α,β-unsaturated/α-hetero) is 1. The lowest BCUT2D eigenvalue weighted by atomic mass is 10.0. The second kappa shape index (κ2) is 9.15. The molecule has 2 aliphatic heterocycles. The number of benzene rings is 2. The van der Waals surface area contributed by atoms with Crippen LogP contribution in [0.4, 0.5) is 16.2 Å². The monoisotopic (exact) mass is 462 g/mol. The molecule has 33 heavy (non-hydrogen) atoms. The van der Waals surface area contributed by atoms with Gasteiger partial charge in [0.2, 0.25) is 0 Å². The molecule has 7 heteroatoms. The van der Waals surface area contributed by atoms with Crippen molar-refractivity contribution in [1.82, 2.24) is 9.80 Å². The van der Waals surface area contributed by atoms with Gasteiger partial charge >= 0.3 is 6.03 Å². The van der Waals surface area contributed by atoms with E-state index in [0.29, 0.717) is 13.0 Å². The van der Waals surface area contributed by atoms with Crippen molar-refractivity contribution in [2.24, 2.45) is 0 Å². The number of amides is 2. The predicted molar refractivity (Wildman–Crippen MR) is 136 cm³/mol. The van der Waals surface area contributed by atoms with Crippen LogP contribution in [0.3, 0.4) is 0 Å². The first-order valence-corrected chi connectivity index (χ1v) is 12.5. The molecule has 172 valence electrons. The summed E-state index contributed by atoms with van der Waals surface area (Å²) in [5.41, 5.74) is 4.11. The van der Waals surface area contributed by atoms with Crippen LogP contribution in [-0.4, -0.2) is 75.0 Å². The van der Waals surface area contributed by atoms with E-state index in [-0.39, 0.29) is 11.8 Å². The molecular formula is C26H30N4O2S. The van der Waals surface area contributed by atoms with Gasteiger partial charge in [0.05, 0.1) is 0 Å². The zero-order valence-corrected chi connectivity index (χ0v) is 20.1. The summed E-state index contributed by atoms with van der Waals surface area (Å²) in [5, 5.41) is 3.50. The minimum Gasteiger partial charge on any atom is -0.368 e. The summed E-state index contributed by atoms with van der Waals surface area (Å²) in [5.74, 6) is 0.181. The third-order valence-electron chi connectivity index (χ3n) is 6.75. The van der Waals surface area contributed by atoms with E-state index in [0.717, 1.165) is 56.0 Å². The Bertz CT molecular complexity index is 1180. The van der Waals surface area contributed by atoms with E-state index < -0.39 is 0 Å². The number of rotatable bonds is 5. The molecule has 2 aliphatic rings. The van der Waals surface area contributed by atoms with E-state index in [4.69, 9.17) is 0 Å². The highest BCUT2D eigenvalue weighted by Crippen LogP contribution is 2.32.